The number of alkyl halides is 6. The van der Waals surface area contributed by atoms with Crippen molar-refractivity contribution < 1.29 is 30.9 Å². The Morgan fingerprint density at radius 1 is 0.818 bits per heavy atom. The Balaban J connectivity index is 1.59. The zero-order chi connectivity index (χ0) is 23.7. The van der Waals surface area contributed by atoms with Crippen LogP contribution >= 0.6 is 0 Å². The smallest absolute Gasteiger partial charge is 0.339 e. The molecule has 0 saturated heterocycles. The Morgan fingerprint density at radius 2 is 1.42 bits per heavy atom. The minimum atomic E-state index is -4.94. The highest BCUT2D eigenvalue weighted by Gasteiger charge is 2.38. The predicted molar refractivity (Wildman–Crippen MR) is 109 cm³/mol. The van der Waals surface area contributed by atoms with Crippen molar-refractivity contribution in [1.29, 1.82) is 0 Å². The highest BCUT2D eigenvalue weighted by atomic mass is 19.4. The number of hydrogen-bond acceptors (Lipinski definition) is 3. The quantitative estimate of drug-likeness (QED) is 0.362. The third kappa shape index (κ3) is 5.23. The molecule has 0 aliphatic heterocycles. The summed E-state index contributed by atoms with van der Waals surface area (Å²) >= 11 is 0. The van der Waals surface area contributed by atoms with Gasteiger partial charge in [0.05, 0.1) is 11.1 Å². The van der Waals surface area contributed by atoms with Crippen LogP contribution in [0, 0.1) is 0 Å². The maximum Gasteiger partial charge on any atom is 0.416 e. The van der Waals surface area contributed by atoms with E-state index in [-0.39, 0.29) is 28.8 Å². The van der Waals surface area contributed by atoms with Gasteiger partial charge >= 0.3 is 12.4 Å². The molecule has 1 aliphatic carbocycles. The van der Waals surface area contributed by atoms with E-state index in [4.69, 9.17) is 4.52 Å². The topological polar surface area (TPSA) is 38.9 Å². The lowest BCUT2D eigenvalue weighted by Crippen LogP contribution is -2.29. The van der Waals surface area contributed by atoms with E-state index in [1.807, 2.05) is 18.2 Å². The number of hydrogen-bond donors (Lipinski definition) is 0. The average molecular weight is 468 g/mol. The molecule has 0 bridgehead atoms. The van der Waals surface area contributed by atoms with E-state index < -0.39 is 23.5 Å². The number of aromatic nitrogens is 2. The number of rotatable bonds is 5. The lowest BCUT2D eigenvalue weighted by molar-refractivity contribution is -0.143. The third-order valence-corrected chi connectivity index (χ3v) is 6.33. The fourth-order valence-electron chi connectivity index (χ4n) is 4.61. The Hall–Kier alpha value is -2.84. The largest absolute Gasteiger partial charge is 0.416 e. The molecule has 1 heterocycles. The van der Waals surface area contributed by atoms with Gasteiger partial charge in [-0.25, -0.2) is 0 Å². The Labute approximate surface area is 186 Å². The van der Waals surface area contributed by atoms with E-state index in [2.05, 4.69) is 22.3 Å². The molecular weight excluding hydrogens is 446 g/mol. The van der Waals surface area contributed by atoms with Gasteiger partial charge in [-0.15, -0.1) is 0 Å². The molecule has 3 nitrogen and oxygen atoms in total. The van der Waals surface area contributed by atoms with Crippen molar-refractivity contribution in [3.05, 3.63) is 71.1 Å². The molecule has 1 aromatic heterocycles. The van der Waals surface area contributed by atoms with E-state index in [0.717, 1.165) is 32.1 Å². The van der Waals surface area contributed by atoms with E-state index in [1.54, 1.807) is 0 Å². The van der Waals surface area contributed by atoms with Crippen LogP contribution in [-0.4, -0.2) is 10.1 Å². The maximum absolute atomic E-state index is 13.2. The van der Waals surface area contributed by atoms with Crippen molar-refractivity contribution in [3.63, 3.8) is 0 Å². The molecule has 176 valence electrons. The number of halogens is 6. The first-order chi connectivity index (χ1) is 15.6. The van der Waals surface area contributed by atoms with Gasteiger partial charge in [-0.05, 0) is 48.4 Å². The molecule has 0 unspecified atom stereocenters. The minimum Gasteiger partial charge on any atom is -0.339 e. The van der Waals surface area contributed by atoms with Crippen molar-refractivity contribution in [2.75, 3.05) is 0 Å². The first-order valence-corrected chi connectivity index (χ1v) is 10.7. The Kier molecular flexibility index (Phi) is 6.24. The molecule has 2 aromatic carbocycles. The van der Waals surface area contributed by atoms with Crippen LogP contribution in [0.25, 0.3) is 11.4 Å². The molecule has 0 atom stereocenters. The average Bonchev–Trinajstić information content (AvgIpc) is 3.27. The van der Waals surface area contributed by atoms with Crippen LogP contribution in [0.5, 0.6) is 0 Å². The Morgan fingerprint density at radius 3 is 2.00 bits per heavy atom. The lowest BCUT2D eigenvalue weighted by Gasteiger charge is -2.38. The van der Waals surface area contributed by atoms with Gasteiger partial charge in [-0.2, -0.15) is 31.3 Å². The van der Waals surface area contributed by atoms with Gasteiger partial charge in [0.1, 0.15) is 0 Å². The maximum atomic E-state index is 13.2. The SMILES string of the molecule is FC(F)(F)c1cc(-c2noc(CCC3(c4ccccc4)CCCCC3)n2)cc(C(F)(F)F)c1. The summed E-state index contributed by atoms with van der Waals surface area (Å²) in [5, 5.41) is 3.67. The summed E-state index contributed by atoms with van der Waals surface area (Å²) < 4.78 is 84.2. The van der Waals surface area contributed by atoms with Gasteiger partial charge in [-0.1, -0.05) is 54.8 Å². The molecule has 1 aliphatic rings. The zero-order valence-electron chi connectivity index (χ0n) is 17.6. The molecule has 33 heavy (non-hydrogen) atoms. The fraction of sp³-hybridized carbons (Fsp3) is 0.417. The van der Waals surface area contributed by atoms with Gasteiger partial charge in [0.15, 0.2) is 0 Å². The van der Waals surface area contributed by atoms with E-state index in [0.29, 0.717) is 25.0 Å². The number of aryl methyl sites for hydroxylation is 1. The second kappa shape index (κ2) is 8.83. The van der Waals surface area contributed by atoms with E-state index >= 15 is 0 Å². The summed E-state index contributed by atoms with van der Waals surface area (Å²) in [6, 6.07) is 11.4. The summed E-state index contributed by atoms with van der Waals surface area (Å²) in [5.74, 6) is -0.101. The first-order valence-electron chi connectivity index (χ1n) is 10.7. The third-order valence-electron chi connectivity index (χ3n) is 6.33. The summed E-state index contributed by atoms with van der Waals surface area (Å²) in [6.45, 7) is 0. The van der Waals surface area contributed by atoms with Crippen LogP contribution in [0.4, 0.5) is 26.3 Å². The molecule has 1 fully saturated rings. The van der Waals surface area contributed by atoms with Crippen molar-refractivity contribution in [1.82, 2.24) is 10.1 Å². The highest BCUT2D eigenvalue weighted by Crippen LogP contribution is 2.43. The predicted octanol–water partition coefficient (Wildman–Crippen LogP) is 7.61. The standard InChI is InChI=1S/C24H22F6N2O/c25-23(26,27)18-13-16(14-19(15-18)24(28,29)30)21-31-20(33-32-21)9-12-22(10-5-2-6-11-22)17-7-3-1-4-8-17/h1,3-4,7-8,13-15H,2,5-6,9-12H2. The second-order valence-corrected chi connectivity index (χ2v) is 8.51. The van der Waals surface area contributed by atoms with Crippen LogP contribution in [0.2, 0.25) is 0 Å². The molecule has 0 N–H and O–H groups in total. The summed E-state index contributed by atoms with van der Waals surface area (Å²) in [4.78, 5) is 4.12. The molecule has 1 saturated carbocycles. The van der Waals surface area contributed by atoms with Crippen LogP contribution < -0.4 is 0 Å². The van der Waals surface area contributed by atoms with Gasteiger partial charge < -0.3 is 4.52 Å². The molecule has 3 aromatic rings. The van der Waals surface area contributed by atoms with Gasteiger partial charge in [0.25, 0.3) is 0 Å². The van der Waals surface area contributed by atoms with Gasteiger partial charge in [0.2, 0.25) is 11.7 Å². The van der Waals surface area contributed by atoms with Gasteiger partial charge in [0, 0.05) is 12.0 Å². The van der Waals surface area contributed by atoms with Crippen LogP contribution in [0.3, 0.4) is 0 Å². The molecular formula is C24H22F6N2O. The lowest BCUT2D eigenvalue weighted by atomic mass is 9.67. The van der Waals surface area contributed by atoms with Crippen molar-refractivity contribution in [2.45, 2.75) is 62.7 Å². The molecule has 9 heteroatoms. The Bertz CT molecular complexity index is 1050. The van der Waals surface area contributed by atoms with Crippen molar-refractivity contribution in [3.8, 4) is 11.4 Å². The van der Waals surface area contributed by atoms with Crippen molar-refractivity contribution >= 4 is 0 Å². The summed E-state index contributed by atoms with van der Waals surface area (Å²) in [6.07, 6.45) is -3.44. The van der Waals surface area contributed by atoms with Crippen LogP contribution in [-0.2, 0) is 24.2 Å². The second-order valence-electron chi connectivity index (χ2n) is 8.51. The molecule has 0 spiro atoms. The summed E-state index contributed by atoms with van der Waals surface area (Å²) in [7, 11) is 0. The van der Waals surface area contributed by atoms with Crippen LogP contribution in [0.15, 0.2) is 53.1 Å². The van der Waals surface area contributed by atoms with Crippen LogP contribution in [0.1, 0.15) is 61.1 Å². The fourth-order valence-corrected chi connectivity index (χ4v) is 4.61. The molecule has 4 rings (SSSR count). The highest BCUT2D eigenvalue weighted by molar-refractivity contribution is 5.58. The summed E-state index contributed by atoms with van der Waals surface area (Å²) in [5.41, 5.74) is -2.05. The number of benzene rings is 2. The minimum absolute atomic E-state index is 0.0617. The monoisotopic (exact) mass is 468 g/mol. The molecule has 0 amide bonds. The normalized spacial score (nSPS) is 16.7. The van der Waals surface area contributed by atoms with E-state index in [9.17, 15) is 26.3 Å². The zero-order valence-corrected chi connectivity index (χ0v) is 17.6. The van der Waals surface area contributed by atoms with Gasteiger partial charge in [-0.3, -0.25) is 0 Å². The van der Waals surface area contributed by atoms with Crippen molar-refractivity contribution in [2.24, 2.45) is 0 Å². The number of nitrogens with zero attached hydrogens (tertiary/aromatic N) is 2. The van der Waals surface area contributed by atoms with E-state index in [1.165, 1.54) is 5.56 Å². The first kappa shape index (κ1) is 23.3. The molecule has 0 radical (unpaired) electrons.